The molecule has 1 aliphatic carbocycles. The fraction of sp³-hybridized carbons (Fsp3) is 0.259. The summed E-state index contributed by atoms with van der Waals surface area (Å²) in [6, 6.07) is 19.7. The lowest BCUT2D eigenvalue weighted by Gasteiger charge is -2.21. The van der Waals surface area contributed by atoms with Crippen molar-refractivity contribution in [1.82, 2.24) is 0 Å². The van der Waals surface area contributed by atoms with Crippen molar-refractivity contribution in [2.75, 3.05) is 0 Å². The molecule has 0 bridgehead atoms. The summed E-state index contributed by atoms with van der Waals surface area (Å²) in [4.78, 5) is 0. The van der Waals surface area contributed by atoms with E-state index in [1.807, 2.05) is 0 Å². The van der Waals surface area contributed by atoms with Crippen molar-refractivity contribution in [3.63, 3.8) is 0 Å². The molecular formula is C27H28N2+2. The monoisotopic (exact) mass is 380 g/mol. The lowest BCUT2D eigenvalue weighted by atomic mass is 9.81. The Morgan fingerprint density at radius 1 is 0.828 bits per heavy atom. The van der Waals surface area contributed by atoms with Gasteiger partial charge in [0.2, 0.25) is 5.69 Å². The SMILES string of the molecule is CCCC[n+]1ccc2c(c1)C(C)(C)c1c-2ccc2c[n+](-c3ccccc3)ccc12. The van der Waals surface area contributed by atoms with Gasteiger partial charge in [0.1, 0.15) is 6.54 Å². The molecule has 2 aromatic carbocycles. The zero-order valence-corrected chi connectivity index (χ0v) is 17.5. The van der Waals surface area contributed by atoms with E-state index in [0.717, 1.165) is 6.54 Å². The maximum Gasteiger partial charge on any atom is 0.210 e. The maximum atomic E-state index is 2.38. The summed E-state index contributed by atoms with van der Waals surface area (Å²) in [6.07, 6.45) is 11.5. The molecule has 29 heavy (non-hydrogen) atoms. The first-order valence-electron chi connectivity index (χ1n) is 10.7. The lowest BCUT2D eigenvalue weighted by Crippen LogP contribution is -2.34. The third kappa shape index (κ3) is 2.86. The van der Waals surface area contributed by atoms with E-state index in [1.165, 1.54) is 51.6 Å². The Labute approximate surface area is 173 Å². The van der Waals surface area contributed by atoms with Crippen molar-refractivity contribution < 1.29 is 9.13 Å². The molecule has 0 atom stereocenters. The molecule has 0 unspecified atom stereocenters. The molecule has 0 radical (unpaired) electrons. The van der Waals surface area contributed by atoms with Gasteiger partial charge in [0.25, 0.3) is 0 Å². The van der Waals surface area contributed by atoms with Crippen LogP contribution >= 0.6 is 0 Å². The number of pyridine rings is 2. The molecule has 0 saturated heterocycles. The summed E-state index contributed by atoms with van der Waals surface area (Å²) >= 11 is 0. The molecule has 2 aromatic heterocycles. The van der Waals surface area contributed by atoms with E-state index in [-0.39, 0.29) is 5.41 Å². The second-order valence-electron chi connectivity index (χ2n) is 8.67. The van der Waals surface area contributed by atoms with Gasteiger partial charge < -0.3 is 0 Å². The zero-order chi connectivity index (χ0) is 20.0. The average Bonchev–Trinajstić information content (AvgIpc) is 2.99. The molecule has 0 fully saturated rings. The van der Waals surface area contributed by atoms with Gasteiger partial charge in [-0.1, -0.05) is 51.5 Å². The number of hydrogen-bond acceptors (Lipinski definition) is 0. The van der Waals surface area contributed by atoms with E-state index in [9.17, 15) is 0 Å². The summed E-state index contributed by atoms with van der Waals surface area (Å²) in [7, 11) is 0. The molecule has 0 saturated carbocycles. The maximum absolute atomic E-state index is 2.38. The topological polar surface area (TPSA) is 7.76 Å². The third-order valence-electron chi connectivity index (χ3n) is 6.39. The van der Waals surface area contributed by atoms with Crippen LogP contribution in [0.5, 0.6) is 0 Å². The standard InChI is InChI=1S/C27H28N2/c1-4-5-15-28-16-13-23-24-12-11-20-18-29(21-9-7-6-8-10-21)17-14-22(20)26(24)27(2,3)25(23)19-28/h6-14,16-19H,4-5,15H2,1-3H3/q+2. The first-order chi connectivity index (χ1) is 14.1. The number of nitrogens with zero attached hydrogens (tertiary/aromatic N) is 2. The highest BCUT2D eigenvalue weighted by molar-refractivity contribution is 5.96. The normalized spacial score (nSPS) is 14.0. The van der Waals surface area contributed by atoms with E-state index < -0.39 is 0 Å². The minimum absolute atomic E-state index is 0.00166. The molecule has 0 spiro atoms. The van der Waals surface area contributed by atoms with Gasteiger partial charge in [-0.15, -0.1) is 0 Å². The second-order valence-corrected chi connectivity index (χ2v) is 8.67. The summed E-state index contributed by atoms with van der Waals surface area (Å²) in [5.74, 6) is 0. The summed E-state index contributed by atoms with van der Waals surface area (Å²) in [6.45, 7) is 8.09. The number of aromatic nitrogens is 2. The minimum atomic E-state index is -0.00166. The van der Waals surface area contributed by atoms with Gasteiger partial charge in [0.15, 0.2) is 24.8 Å². The minimum Gasteiger partial charge on any atom is -0.205 e. The van der Waals surface area contributed by atoms with Crippen LogP contribution in [-0.2, 0) is 12.0 Å². The Balaban J connectivity index is 1.66. The molecule has 0 N–H and O–H groups in total. The molecule has 4 aromatic rings. The predicted molar refractivity (Wildman–Crippen MR) is 118 cm³/mol. The Kier molecular flexibility index (Phi) is 4.24. The summed E-state index contributed by atoms with van der Waals surface area (Å²) in [5.41, 5.74) is 6.86. The van der Waals surface area contributed by atoms with E-state index in [1.54, 1.807) is 0 Å². The lowest BCUT2D eigenvalue weighted by molar-refractivity contribution is -0.697. The van der Waals surface area contributed by atoms with Crippen LogP contribution in [-0.4, -0.2) is 0 Å². The Hall–Kier alpha value is -3.00. The van der Waals surface area contributed by atoms with Crippen molar-refractivity contribution in [1.29, 1.82) is 0 Å². The van der Waals surface area contributed by atoms with Crippen LogP contribution in [0.3, 0.4) is 0 Å². The highest BCUT2D eigenvalue weighted by atomic mass is 14.9. The fourth-order valence-corrected chi connectivity index (χ4v) is 4.82. The molecule has 0 amide bonds. The Morgan fingerprint density at radius 3 is 2.45 bits per heavy atom. The van der Waals surface area contributed by atoms with E-state index in [2.05, 4.69) is 109 Å². The van der Waals surface area contributed by atoms with Crippen LogP contribution in [0.2, 0.25) is 0 Å². The molecule has 1 aliphatic rings. The van der Waals surface area contributed by atoms with Crippen molar-refractivity contribution in [2.45, 2.75) is 45.6 Å². The molecule has 2 heterocycles. The third-order valence-corrected chi connectivity index (χ3v) is 6.39. The number of rotatable bonds is 4. The fourth-order valence-electron chi connectivity index (χ4n) is 4.82. The van der Waals surface area contributed by atoms with Gasteiger partial charge in [0, 0.05) is 47.1 Å². The van der Waals surface area contributed by atoms with Crippen molar-refractivity contribution in [3.05, 3.63) is 90.5 Å². The molecular weight excluding hydrogens is 352 g/mol. The second kappa shape index (κ2) is 6.81. The van der Waals surface area contributed by atoms with E-state index in [0.29, 0.717) is 0 Å². The van der Waals surface area contributed by atoms with Crippen LogP contribution in [0, 0.1) is 0 Å². The number of para-hydroxylation sites is 1. The number of hydrogen-bond donors (Lipinski definition) is 0. The first kappa shape index (κ1) is 18.1. The number of fused-ring (bicyclic) bond motifs is 5. The summed E-state index contributed by atoms with van der Waals surface area (Å²) in [5, 5.41) is 2.64. The molecule has 5 rings (SSSR count). The first-order valence-corrected chi connectivity index (χ1v) is 10.7. The van der Waals surface area contributed by atoms with Gasteiger partial charge >= 0.3 is 0 Å². The molecule has 2 nitrogen and oxygen atoms in total. The van der Waals surface area contributed by atoms with Crippen molar-refractivity contribution in [3.8, 4) is 16.8 Å². The average molecular weight is 381 g/mol. The van der Waals surface area contributed by atoms with Gasteiger partial charge in [-0.25, -0.2) is 4.57 Å². The number of aryl methyl sites for hydroxylation is 1. The zero-order valence-electron chi connectivity index (χ0n) is 17.5. The molecule has 144 valence electrons. The van der Waals surface area contributed by atoms with Crippen LogP contribution in [0.4, 0.5) is 0 Å². The molecule has 0 aliphatic heterocycles. The van der Waals surface area contributed by atoms with Crippen LogP contribution in [0.1, 0.15) is 44.7 Å². The van der Waals surface area contributed by atoms with Gasteiger partial charge in [0.05, 0.1) is 0 Å². The van der Waals surface area contributed by atoms with Crippen molar-refractivity contribution in [2.24, 2.45) is 0 Å². The highest BCUT2D eigenvalue weighted by Gasteiger charge is 2.39. The van der Waals surface area contributed by atoms with Crippen LogP contribution < -0.4 is 9.13 Å². The predicted octanol–water partition coefficient (Wildman–Crippen LogP) is 5.51. The smallest absolute Gasteiger partial charge is 0.205 e. The van der Waals surface area contributed by atoms with Crippen LogP contribution in [0.25, 0.3) is 27.6 Å². The Morgan fingerprint density at radius 2 is 1.66 bits per heavy atom. The van der Waals surface area contributed by atoms with Crippen LogP contribution in [0.15, 0.2) is 79.4 Å². The highest BCUT2D eigenvalue weighted by Crippen LogP contribution is 2.50. The quantitative estimate of drug-likeness (QED) is 0.412. The van der Waals surface area contributed by atoms with E-state index in [4.69, 9.17) is 0 Å². The van der Waals surface area contributed by atoms with E-state index >= 15 is 0 Å². The number of benzene rings is 2. The van der Waals surface area contributed by atoms with Gasteiger partial charge in [-0.3, -0.25) is 0 Å². The van der Waals surface area contributed by atoms with Gasteiger partial charge in [-0.2, -0.15) is 4.57 Å². The van der Waals surface area contributed by atoms with Gasteiger partial charge in [-0.05, 0) is 28.1 Å². The Bertz CT molecular complexity index is 1210. The molecule has 2 heteroatoms. The van der Waals surface area contributed by atoms with Crippen molar-refractivity contribution >= 4 is 10.8 Å². The summed E-state index contributed by atoms with van der Waals surface area (Å²) < 4.78 is 4.57. The largest absolute Gasteiger partial charge is 0.210 e. The number of unbranched alkanes of at least 4 members (excludes halogenated alkanes) is 1.